The maximum atomic E-state index is 5.44. The van der Waals surface area contributed by atoms with Crippen molar-refractivity contribution in [1.29, 1.82) is 0 Å². The van der Waals surface area contributed by atoms with E-state index in [4.69, 9.17) is 4.21 Å². The molecule has 1 heteroatoms. The van der Waals surface area contributed by atoms with Gasteiger partial charge in [-0.15, -0.1) is 0 Å². The molecule has 132 valence electrons. The van der Waals surface area contributed by atoms with Crippen LogP contribution >= 0.6 is 0 Å². The second-order valence-corrected chi connectivity index (χ2v) is 39.0. The maximum absolute atomic E-state index is 5.44. The Balaban J connectivity index is 2.35. The predicted octanol–water partition coefficient (Wildman–Crippen LogP) is 5.61. The molecule has 2 aliphatic carbocycles. The molecule has 26 heavy (non-hydrogen) atoms. The quantitative estimate of drug-likeness (QED) is 0.604. The van der Waals surface area contributed by atoms with Crippen molar-refractivity contribution in [2.75, 3.05) is 0 Å². The third-order valence-corrected chi connectivity index (χ3v) is 36.9. The second-order valence-electron chi connectivity index (χ2n) is 10.0. The van der Waals surface area contributed by atoms with Crippen molar-refractivity contribution in [2.24, 2.45) is 0 Å². The topological polar surface area (TPSA) is 0 Å². The summed E-state index contributed by atoms with van der Waals surface area (Å²) in [7, 11) is 0. The van der Waals surface area contributed by atoms with Crippen molar-refractivity contribution in [3.05, 3.63) is 104 Å². The fraction of sp³-hybridized carbons (Fsp3) is 0.160. The summed E-state index contributed by atoms with van der Waals surface area (Å²) in [6, 6.07) is 22.2. The van der Waals surface area contributed by atoms with Gasteiger partial charge in [-0.1, -0.05) is 0 Å². The number of benzene rings is 2. The first-order valence-electron chi connectivity index (χ1n) is 9.61. The van der Waals surface area contributed by atoms with Gasteiger partial charge in [0.05, 0.1) is 0 Å². The van der Waals surface area contributed by atoms with Crippen LogP contribution < -0.4 is 6.54 Å². The Morgan fingerprint density at radius 3 is 1.35 bits per heavy atom. The molecule has 0 bridgehead atoms. The van der Waals surface area contributed by atoms with Gasteiger partial charge in [0.2, 0.25) is 0 Å². The SMILES string of the molecule is [CH2]=[Zr]([CH3])([CH3])([C]1=CC=CC1)([C]1=CC=CC1)([c]1ccccc1)[c]1ccccc1. The molecule has 0 aliphatic heterocycles. The van der Waals surface area contributed by atoms with Crippen LogP contribution in [0.25, 0.3) is 0 Å². The van der Waals surface area contributed by atoms with Crippen molar-refractivity contribution >= 4 is 10.8 Å². The first kappa shape index (κ1) is 17.6. The van der Waals surface area contributed by atoms with Crippen molar-refractivity contribution in [3.8, 4) is 0 Å². The van der Waals surface area contributed by atoms with Crippen molar-refractivity contribution in [3.63, 3.8) is 0 Å². The van der Waals surface area contributed by atoms with E-state index in [1.165, 1.54) is 13.1 Å². The molecule has 0 spiro atoms. The van der Waals surface area contributed by atoms with Gasteiger partial charge >= 0.3 is 152 Å². The molecule has 0 radical (unpaired) electrons. The van der Waals surface area contributed by atoms with Crippen molar-refractivity contribution in [1.82, 2.24) is 0 Å². The summed E-state index contributed by atoms with van der Waals surface area (Å²) in [6.45, 7) is 0. The van der Waals surface area contributed by atoms with E-state index >= 15 is 0 Å². The summed E-state index contributed by atoms with van der Waals surface area (Å²) < 4.78 is 16.3. The van der Waals surface area contributed by atoms with Gasteiger partial charge in [0, 0.05) is 0 Å². The molecule has 0 aromatic heterocycles. The molecule has 2 aromatic carbocycles. The Bertz CT molecular complexity index is 1040. The van der Waals surface area contributed by atoms with Crippen LogP contribution in [0, 0.1) is 0 Å². The summed E-state index contributed by atoms with van der Waals surface area (Å²) in [5.74, 6) is 0. The number of hydrogen-bond acceptors (Lipinski definition) is 0. The normalized spacial score (nSPS) is 20.6. The Morgan fingerprint density at radius 2 is 1.04 bits per heavy atom. The molecular formula is C25H28Zr. The van der Waals surface area contributed by atoms with Crippen LogP contribution in [-0.2, 0) is 15.3 Å². The number of hydrogen-bond donors (Lipinski definition) is 0. The molecular weight excluding hydrogens is 391 g/mol. The van der Waals surface area contributed by atoms with Gasteiger partial charge in [-0.3, -0.25) is 0 Å². The van der Waals surface area contributed by atoms with Crippen molar-refractivity contribution in [2.45, 2.75) is 22.1 Å². The van der Waals surface area contributed by atoms with E-state index in [1.807, 2.05) is 0 Å². The molecule has 0 atom stereocenters. The molecule has 2 aromatic rings. The van der Waals surface area contributed by atoms with Crippen molar-refractivity contribution < 1.29 is 15.3 Å². The Labute approximate surface area is 151 Å². The Kier molecular flexibility index (Phi) is 3.18. The van der Waals surface area contributed by atoms with Gasteiger partial charge in [0.15, 0.2) is 0 Å². The van der Waals surface area contributed by atoms with Crippen LogP contribution in [0.1, 0.15) is 12.8 Å². The third kappa shape index (κ3) is 1.71. The summed E-state index contributed by atoms with van der Waals surface area (Å²) in [6.07, 6.45) is 15.7. The zero-order chi connectivity index (χ0) is 18.4. The van der Waals surface area contributed by atoms with Gasteiger partial charge in [-0.25, -0.2) is 0 Å². The van der Waals surface area contributed by atoms with E-state index < -0.39 is 15.3 Å². The van der Waals surface area contributed by atoms with Gasteiger partial charge < -0.3 is 0 Å². The first-order valence-corrected chi connectivity index (χ1v) is 21.2. The van der Waals surface area contributed by atoms with Crippen LogP contribution in [0.5, 0.6) is 0 Å². The standard InChI is InChI=1S/2C6H5.2C5H5.2CH3.CH2.Zr/c2*1-2-4-6-5-3-1;2*1-2-4-5-3-1;;;;/h2*1-5H;2*1-3H,4H2;2*1H3;1H2;. The van der Waals surface area contributed by atoms with E-state index in [1.54, 1.807) is 0 Å². The number of allylic oxidation sites excluding steroid dienone is 8. The molecule has 0 saturated carbocycles. The van der Waals surface area contributed by atoms with E-state index in [-0.39, 0.29) is 0 Å². The van der Waals surface area contributed by atoms with E-state index in [0.717, 1.165) is 12.8 Å². The molecule has 0 nitrogen and oxygen atoms in total. The molecule has 0 amide bonds. The average molecular weight is 420 g/mol. The second kappa shape index (κ2) is 4.70. The number of rotatable bonds is 4. The van der Waals surface area contributed by atoms with Gasteiger partial charge in [-0.05, 0) is 0 Å². The van der Waals surface area contributed by atoms with E-state index in [9.17, 15) is 0 Å². The van der Waals surface area contributed by atoms with Crippen LogP contribution in [-0.4, -0.2) is 4.21 Å². The molecule has 4 rings (SSSR count). The Morgan fingerprint density at radius 1 is 0.654 bits per heavy atom. The Hall–Kier alpha value is -1.85. The molecule has 0 fully saturated rings. The van der Waals surface area contributed by atoms with Crippen LogP contribution in [0.4, 0.5) is 0 Å². The molecule has 0 unspecified atom stereocenters. The van der Waals surface area contributed by atoms with Gasteiger partial charge in [-0.2, -0.15) is 0 Å². The minimum absolute atomic E-state index is 0.972. The molecule has 0 N–H and O–H groups in total. The first-order chi connectivity index (χ1) is 12.3. The summed E-state index contributed by atoms with van der Waals surface area (Å²) >= 11 is -5.25. The summed E-state index contributed by atoms with van der Waals surface area (Å²) in [5, 5.41) is 0. The van der Waals surface area contributed by atoms with Crippen LogP contribution in [0.2, 0.25) is 9.26 Å². The van der Waals surface area contributed by atoms with Gasteiger partial charge in [0.1, 0.15) is 0 Å². The van der Waals surface area contributed by atoms with E-state index in [0.29, 0.717) is 0 Å². The minimum atomic E-state index is -5.25. The zero-order valence-corrected chi connectivity index (χ0v) is 18.3. The average Bonchev–Trinajstić information content (AvgIpc) is 3.39. The monoisotopic (exact) mass is 418 g/mol. The van der Waals surface area contributed by atoms with Crippen LogP contribution in [0.3, 0.4) is 0 Å². The van der Waals surface area contributed by atoms with Crippen LogP contribution in [0.15, 0.2) is 104 Å². The fourth-order valence-corrected chi connectivity index (χ4v) is 27.9. The molecule has 0 saturated heterocycles. The summed E-state index contributed by atoms with van der Waals surface area (Å²) in [4.78, 5) is 0. The zero-order valence-electron chi connectivity index (χ0n) is 15.9. The molecule has 2 aliphatic rings. The fourth-order valence-electron chi connectivity index (χ4n) is 5.85. The van der Waals surface area contributed by atoms with Gasteiger partial charge in [0.25, 0.3) is 0 Å². The predicted molar refractivity (Wildman–Crippen MR) is 115 cm³/mol. The third-order valence-electron chi connectivity index (χ3n) is 8.22. The molecule has 0 heterocycles. The van der Waals surface area contributed by atoms with E-state index in [2.05, 4.69) is 106 Å². The summed E-state index contributed by atoms with van der Waals surface area (Å²) in [5.41, 5.74) is 0.